The molecule has 0 rings (SSSR count). The number of unbranched alkanes of at least 4 members (excludes halogenated alkanes) is 31. The van der Waals surface area contributed by atoms with Crippen molar-refractivity contribution in [1.29, 1.82) is 0 Å². The number of hydrogen-bond donors (Lipinski definition) is 0. The lowest BCUT2D eigenvalue weighted by molar-refractivity contribution is -0.167. The van der Waals surface area contributed by atoms with Gasteiger partial charge in [-0.3, -0.25) is 14.4 Å². The van der Waals surface area contributed by atoms with E-state index < -0.39 is 6.10 Å². The molecule has 0 N–H and O–H groups in total. The van der Waals surface area contributed by atoms with Gasteiger partial charge in [-0.05, 0) is 77.0 Å². The van der Waals surface area contributed by atoms with Crippen LogP contribution in [0.3, 0.4) is 0 Å². The highest BCUT2D eigenvalue weighted by Crippen LogP contribution is 2.17. The number of carbonyl (C=O) groups excluding carboxylic acids is 3. The molecule has 6 nitrogen and oxygen atoms in total. The van der Waals surface area contributed by atoms with E-state index in [9.17, 15) is 14.4 Å². The highest BCUT2D eigenvalue weighted by atomic mass is 16.6. The summed E-state index contributed by atoms with van der Waals surface area (Å²) in [5, 5.41) is 0. The Bertz CT molecular complexity index is 1400. The number of hydrogen-bond acceptors (Lipinski definition) is 6. The molecule has 0 aliphatic heterocycles. The van der Waals surface area contributed by atoms with Crippen LogP contribution in [0.5, 0.6) is 0 Å². The van der Waals surface area contributed by atoms with Crippen LogP contribution in [0, 0.1) is 0 Å². The summed E-state index contributed by atoms with van der Waals surface area (Å²) in [6.45, 7) is 6.53. The molecule has 1 atom stereocenters. The lowest BCUT2D eigenvalue weighted by Crippen LogP contribution is -2.30. The molecule has 0 aromatic carbocycles. The first-order valence-corrected chi connectivity index (χ1v) is 31.1. The SMILES string of the molecule is CC/C=C\C/C=C\C/C=C\C/C=C\C/C=C\C/C=C\C/C=C\CCCCCC(=O)OCC(COC(=O)CCCCCCCCCCCCCCCCC)OC(=O)CCCCCCCCCCCCCCCCC. The molecule has 0 radical (unpaired) electrons. The molecule has 1 unspecified atom stereocenters. The number of rotatable bonds is 56. The Morgan fingerprint density at radius 2 is 0.534 bits per heavy atom. The van der Waals surface area contributed by atoms with Gasteiger partial charge in [0.1, 0.15) is 13.2 Å². The van der Waals surface area contributed by atoms with E-state index in [1.807, 2.05) is 0 Å². The fourth-order valence-electron chi connectivity index (χ4n) is 8.78. The van der Waals surface area contributed by atoms with Crippen molar-refractivity contribution in [2.75, 3.05) is 13.2 Å². The van der Waals surface area contributed by atoms with E-state index >= 15 is 0 Å². The van der Waals surface area contributed by atoms with Crippen molar-refractivity contribution in [2.45, 2.75) is 309 Å². The van der Waals surface area contributed by atoms with Crippen LogP contribution < -0.4 is 0 Å². The van der Waals surface area contributed by atoms with E-state index in [-0.39, 0.29) is 31.1 Å². The van der Waals surface area contributed by atoms with E-state index in [4.69, 9.17) is 14.2 Å². The van der Waals surface area contributed by atoms with Gasteiger partial charge >= 0.3 is 17.9 Å². The maximum absolute atomic E-state index is 12.9. The molecule has 0 saturated heterocycles. The summed E-state index contributed by atoms with van der Waals surface area (Å²) >= 11 is 0. The van der Waals surface area contributed by atoms with Crippen molar-refractivity contribution in [1.82, 2.24) is 0 Å². The minimum Gasteiger partial charge on any atom is -0.462 e. The van der Waals surface area contributed by atoms with Crippen LogP contribution in [-0.4, -0.2) is 37.2 Å². The molecule has 0 aromatic heterocycles. The zero-order chi connectivity index (χ0) is 52.9. The predicted octanol–water partition coefficient (Wildman–Crippen LogP) is 21.1. The van der Waals surface area contributed by atoms with Crippen molar-refractivity contribution in [2.24, 2.45) is 0 Å². The first-order valence-electron chi connectivity index (χ1n) is 31.1. The average Bonchev–Trinajstić information content (AvgIpc) is 3.39. The molecule has 0 saturated carbocycles. The predicted molar refractivity (Wildman–Crippen MR) is 316 cm³/mol. The van der Waals surface area contributed by atoms with E-state index in [1.165, 1.54) is 154 Å². The molecular formula is C67H116O6. The fourth-order valence-corrected chi connectivity index (χ4v) is 8.78. The second-order valence-corrected chi connectivity index (χ2v) is 20.6. The molecule has 0 amide bonds. The van der Waals surface area contributed by atoms with E-state index in [0.717, 1.165) is 109 Å². The zero-order valence-electron chi connectivity index (χ0n) is 48.1. The number of allylic oxidation sites excluding steroid dienone is 14. The topological polar surface area (TPSA) is 78.9 Å². The van der Waals surface area contributed by atoms with Gasteiger partial charge in [0.2, 0.25) is 0 Å². The van der Waals surface area contributed by atoms with Crippen LogP contribution >= 0.6 is 0 Å². The smallest absolute Gasteiger partial charge is 0.306 e. The average molecular weight is 1020 g/mol. The summed E-state index contributed by atoms with van der Waals surface area (Å²) in [5.41, 5.74) is 0. The molecule has 0 aliphatic rings. The number of carbonyl (C=O) groups is 3. The minimum absolute atomic E-state index is 0.0830. The van der Waals surface area contributed by atoms with Gasteiger partial charge in [0, 0.05) is 19.3 Å². The summed E-state index contributed by atoms with van der Waals surface area (Å²) in [4.78, 5) is 38.2. The van der Waals surface area contributed by atoms with Crippen LogP contribution in [0.2, 0.25) is 0 Å². The summed E-state index contributed by atoms with van der Waals surface area (Å²) < 4.78 is 16.9. The van der Waals surface area contributed by atoms with E-state index in [1.54, 1.807) is 0 Å². The molecule has 0 bridgehead atoms. The van der Waals surface area contributed by atoms with Gasteiger partial charge in [-0.25, -0.2) is 0 Å². The van der Waals surface area contributed by atoms with Gasteiger partial charge in [-0.15, -0.1) is 0 Å². The van der Waals surface area contributed by atoms with Gasteiger partial charge in [0.05, 0.1) is 0 Å². The Kier molecular flexibility index (Phi) is 58.3. The molecule has 0 heterocycles. The normalized spacial score (nSPS) is 12.6. The quantitative estimate of drug-likeness (QED) is 0.0261. The Hall–Kier alpha value is -3.41. The third kappa shape index (κ3) is 59.3. The van der Waals surface area contributed by atoms with Crippen LogP contribution in [0.25, 0.3) is 0 Å². The molecule has 0 fully saturated rings. The molecule has 6 heteroatoms. The maximum Gasteiger partial charge on any atom is 0.306 e. The summed E-state index contributed by atoms with van der Waals surface area (Å²) in [7, 11) is 0. The maximum atomic E-state index is 12.9. The first-order chi connectivity index (χ1) is 36.0. The third-order valence-corrected chi connectivity index (χ3v) is 13.4. The Morgan fingerprint density at radius 3 is 0.836 bits per heavy atom. The third-order valence-electron chi connectivity index (χ3n) is 13.4. The van der Waals surface area contributed by atoms with Crippen molar-refractivity contribution in [3.8, 4) is 0 Å². The highest BCUT2D eigenvalue weighted by molar-refractivity contribution is 5.71. The number of esters is 3. The Balaban J connectivity index is 4.40. The fraction of sp³-hybridized carbons (Fsp3) is 0.746. The van der Waals surface area contributed by atoms with Crippen molar-refractivity contribution >= 4 is 17.9 Å². The molecule has 73 heavy (non-hydrogen) atoms. The van der Waals surface area contributed by atoms with Crippen molar-refractivity contribution < 1.29 is 28.6 Å². The van der Waals surface area contributed by atoms with Crippen LogP contribution in [0.15, 0.2) is 85.1 Å². The van der Waals surface area contributed by atoms with Crippen LogP contribution in [0.1, 0.15) is 303 Å². The molecule has 420 valence electrons. The van der Waals surface area contributed by atoms with Gasteiger partial charge in [0.15, 0.2) is 6.10 Å². The largest absolute Gasteiger partial charge is 0.462 e. The lowest BCUT2D eigenvalue weighted by atomic mass is 10.0. The van der Waals surface area contributed by atoms with Crippen LogP contribution in [0.4, 0.5) is 0 Å². The van der Waals surface area contributed by atoms with Crippen molar-refractivity contribution in [3.05, 3.63) is 85.1 Å². The highest BCUT2D eigenvalue weighted by Gasteiger charge is 2.19. The van der Waals surface area contributed by atoms with E-state index in [2.05, 4.69) is 106 Å². The van der Waals surface area contributed by atoms with Crippen LogP contribution in [-0.2, 0) is 28.6 Å². The van der Waals surface area contributed by atoms with Crippen molar-refractivity contribution in [3.63, 3.8) is 0 Å². The standard InChI is InChI=1S/C67H116O6/c1-4-7-10-13-16-19-22-25-28-29-30-31-32-33-34-35-36-37-40-42-45-48-51-54-57-60-66(69)72-63-64(73-67(70)61-58-55-52-49-46-43-39-27-24-21-18-15-12-9-6-3)62-71-65(68)59-56-53-50-47-44-41-38-26-23-20-17-14-11-8-5-2/h7,10,16,19,25,28,30-31,33-34,36-37,42,45,64H,4-6,8-9,11-15,17-18,20-24,26-27,29,32,35,38-41,43-44,46-63H2,1-3H3/b10-7-,19-16-,28-25-,31-30-,34-33-,37-36-,45-42-. The Morgan fingerprint density at radius 1 is 0.288 bits per heavy atom. The second kappa shape index (κ2) is 61.1. The van der Waals surface area contributed by atoms with Gasteiger partial charge < -0.3 is 14.2 Å². The lowest BCUT2D eigenvalue weighted by Gasteiger charge is -2.18. The summed E-state index contributed by atoms with van der Waals surface area (Å²) in [5.74, 6) is -0.903. The van der Waals surface area contributed by atoms with Gasteiger partial charge in [-0.1, -0.05) is 292 Å². The Labute approximate surface area is 452 Å². The first kappa shape index (κ1) is 69.6. The van der Waals surface area contributed by atoms with E-state index in [0.29, 0.717) is 19.3 Å². The summed E-state index contributed by atoms with van der Waals surface area (Å²) in [6, 6.07) is 0. The minimum atomic E-state index is -0.788. The molecule has 0 spiro atoms. The summed E-state index contributed by atoms with van der Waals surface area (Å²) in [6.07, 6.45) is 80.1. The van der Waals surface area contributed by atoms with Gasteiger partial charge in [-0.2, -0.15) is 0 Å². The monoisotopic (exact) mass is 1020 g/mol. The second-order valence-electron chi connectivity index (χ2n) is 20.6. The molecular weight excluding hydrogens is 901 g/mol. The zero-order valence-corrected chi connectivity index (χ0v) is 48.1. The molecule has 0 aromatic rings. The number of ether oxygens (including phenoxy) is 3. The molecule has 0 aliphatic carbocycles. The van der Waals surface area contributed by atoms with Gasteiger partial charge in [0.25, 0.3) is 0 Å².